The maximum Gasteiger partial charge on any atom is 0.295 e. The highest BCUT2D eigenvalue weighted by Crippen LogP contribution is 2.42. The summed E-state index contributed by atoms with van der Waals surface area (Å²) in [6, 6.07) is 10.0. The second kappa shape index (κ2) is 9.82. The van der Waals surface area contributed by atoms with Crippen LogP contribution in [-0.4, -0.2) is 68.0 Å². The number of amides is 1. The number of aliphatic hydroxyl groups is 1. The fourth-order valence-electron chi connectivity index (χ4n) is 3.85. The van der Waals surface area contributed by atoms with E-state index >= 15 is 0 Å². The molecule has 1 N–H and O–H groups in total. The first-order chi connectivity index (χ1) is 15.3. The lowest BCUT2D eigenvalue weighted by molar-refractivity contribution is -0.140. The van der Waals surface area contributed by atoms with Crippen molar-refractivity contribution in [2.75, 3.05) is 41.4 Å². The van der Waals surface area contributed by atoms with E-state index in [2.05, 4.69) is 0 Å². The number of nitrogens with zero attached hydrogens (tertiary/aromatic N) is 2. The monoisotopic (exact) mass is 442 g/mol. The van der Waals surface area contributed by atoms with Crippen molar-refractivity contribution in [2.45, 2.75) is 12.5 Å². The van der Waals surface area contributed by atoms with Gasteiger partial charge in [0, 0.05) is 17.7 Å². The van der Waals surface area contributed by atoms with Crippen LogP contribution in [-0.2, 0) is 9.59 Å². The zero-order valence-electron chi connectivity index (χ0n) is 18.6. The SMILES string of the molecule is COc1ccc(/C(O)=C2\C(=O)C(=O)N(CCCN(C)C)[C@H]2c2ccccc2OC)cc1F. The molecule has 7 nitrogen and oxygen atoms in total. The molecule has 1 amide bonds. The molecule has 3 rings (SSSR count). The Bertz CT molecular complexity index is 1050. The smallest absolute Gasteiger partial charge is 0.295 e. The zero-order valence-corrected chi connectivity index (χ0v) is 18.6. The minimum absolute atomic E-state index is 0.00645. The topological polar surface area (TPSA) is 79.3 Å². The number of ketones is 1. The van der Waals surface area contributed by atoms with E-state index in [1.807, 2.05) is 19.0 Å². The summed E-state index contributed by atoms with van der Waals surface area (Å²) in [7, 11) is 6.67. The van der Waals surface area contributed by atoms with Crippen LogP contribution < -0.4 is 9.47 Å². The van der Waals surface area contributed by atoms with Gasteiger partial charge in [-0.1, -0.05) is 18.2 Å². The van der Waals surface area contributed by atoms with Gasteiger partial charge in [0.15, 0.2) is 11.6 Å². The molecular formula is C24H27FN2O5. The van der Waals surface area contributed by atoms with Gasteiger partial charge in [-0.15, -0.1) is 0 Å². The maximum atomic E-state index is 14.3. The van der Waals surface area contributed by atoms with Gasteiger partial charge in [0.2, 0.25) is 0 Å². The number of halogens is 1. The average molecular weight is 442 g/mol. The molecule has 8 heteroatoms. The van der Waals surface area contributed by atoms with Gasteiger partial charge >= 0.3 is 0 Å². The van der Waals surface area contributed by atoms with Crippen molar-refractivity contribution in [3.05, 3.63) is 65.0 Å². The van der Waals surface area contributed by atoms with Crippen molar-refractivity contribution < 1.29 is 28.6 Å². The lowest BCUT2D eigenvalue weighted by Gasteiger charge is -2.27. The van der Waals surface area contributed by atoms with E-state index < -0.39 is 29.3 Å². The van der Waals surface area contributed by atoms with Gasteiger partial charge in [-0.05, 0) is 51.3 Å². The molecule has 2 aromatic carbocycles. The number of para-hydroxylation sites is 1. The van der Waals surface area contributed by atoms with E-state index in [9.17, 15) is 19.1 Å². The van der Waals surface area contributed by atoms with Crippen LogP contribution in [0.1, 0.15) is 23.6 Å². The van der Waals surface area contributed by atoms with Gasteiger partial charge in [0.1, 0.15) is 11.5 Å². The van der Waals surface area contributed by atoms with Gasteiger partial charge in [-0.25, -0.2) is 4.39 Å². The van der Waals surface area contributed by atoms with Gasteiger partial charge in [-0.2, -0.15) is 0 Å². The van der Waals surface area contributed by atoms with Crippen LogP contribution in [0.15, 0.2) is 48.0 Å². The molecular weight excluding hydrogens is 415 g/mol. The molecule has 1 fully saturated rings. The standard InChI is InChI=1S/C24H27FN2O5/c1-26(2)12-7-13-27-21(16-8-5-6-9-18(16)31-3)20(23(29)24(27)30)22(28)15-10-11-19(32-4)17(25)14-15/h5-6,8-11,14,21,28H,7,12-13H2,1-4H3/b22-20+/t21-/m0/s1. The van der Waals surface area contributed by atoms with Crippen LogP contribution in [0.4, 0.5) is 4.39 Å². The molecule has 1 aliphatic rings. The Morgan fingerprint density at radius 2 is 1.78 bits per heavy atom. The Morgan fingerprint density at radius 3 is 2.41 bits per heavy atom. The summed E-state index contributed by atoms with van der Waals surface area (Å²) in [6.07, 6.45) is 0.628. The quantitative estimate of drug-likeness (QED) is 0.384. The van der Waals surface area contributed by atoms with Crippen molar-refractivity contribution in [3.8, 4) is 11.5 Å². The molecule has 1 aliphatic heterocycles. The lowest BCUT2D eigenvalue weighted by atomic mass is 9.94. The summed E-state index contributed by atoms with van der Waals surface area (Å²) in [5.41, 5.74) is 0.540. The number of carbonyl (C=O) groups excluding carboxylic acids is 2. The lowest BCUT2D eigenvalue weighted by Crippen LogP contribution is -2.32. The fourth-order valence-corrected chi connectivity index (χ4v) is 3.85. The fraction of sp³-hybridized carbons (Fsp3) is 0.333. The van der Waals surface area contributed by atoms with Crippen molar-refractivity contribution in [3.63, 3.8) is 0 Å². The van der Waals surface area contributed by atoms with E-state index in [-0.39, 0.29) is 16.9 Å². The summed E-state index contributed by atoms with van der Waals surface area (Å²) in [4.78, 5) is 29.4. The molecule has 0 aromatic heterocycles. The molecule has 0 unspecified atom stereocenters. The molecule has 170 valence electrons. The minimum atomic E-state index is -0.863. The number of aliphatic hydroxyl groups excluding tert-OH is 1. The first-order valence-corrected chi connectivity index (χ1v) is 10.2. The Hall–Kier alpha value is -3.39. The largest absolute Gasteiger partial charge is 0.507 e. The van der Waals surface area contributed by atoms with Gasteiger partial charge in [0.25, 0.3) is 11.7 Å². The molecule has 1 atom stereocenters. The van der Waals surface area contributed by atoms with Crippen LogP contribution >= 0.6 is 0 Å². The number of Topliss-reactive ketones (excluding diaryl/α,β-unsaturated/α-hetero) is 1. The number of carbonyl (C=O) groups is 2. The molecule has 1 saturated heterocycles. The molecule has 0 saturated carbocycles. The van der Waals surface area contributed by atoms with E-state index in [0.717, 1.165) is 6.07 Å². The van der Waals surface area contributed by atoms with Gasteiger partial charge in [0.05, 0.1) is 25.8 Å². The van der Waals surface area contributed by atoms with Crippen LogP contribution in [0.3, 0.4) is 0 Å². The first kappa shape index (κ1) is 23.3. The zero-order chi connectivity index (χ0) is 23.4. The van der Waals surface area contributed by atoms with Crippen LogP contribution in [0.25, 0.3) is 5.76 Å². The van der Waals surface area contributed by atoms with Crippen LogP contribution in [0.2, 0.25) is 0 Å². The summed E-state index contributed by atoms with van der Waals surface area (Å²) >= 11 is 0. The number of methoxy groups -OCH3 is 2. The summed E-state index contributed by atoms with van der Waals surface area (Å²) in [5, 5.41) is 11.0. The van der Waals surface area contributed by atoms with E-state index in [1.165, 1.54) is 31.3 Å². The molecule has 1 heterocycles. The molecule has 32 heavy (non-hydrogen) atoms. The number of hydrogen-bond acceptors (Lipinski definition) is 6. The summed E-state index contributed by atoms with van der Waals surface area (Å²) in [6.45, 7) is 1.02. The van der Waals surface area contributed by atoms with Gasteiger partial charge < -0.3 is 24.4 Å². The predicted molar refractivity (Wildman–Crippen MR) is 118 cm³/mol. The highest BCUT2D eigenvalue weighted by Gasteiger charge is 2.46. The Morgan fingerprint density at radius 1 is 1.09 bits per heavy atom. The Labute approximate surface area is 186 Å². The van der Waals surface area contributed by atoms with Gasteiger partial charge in [-0.3, -0.25) is 9.59 Å². The highest BCUT2D eigenvalue weighted by molar-refractivity contribution is 6.46. The molecule has 0 spiro atoms. The van der Waals surface area contributed by atoms with Crippen molar-refractivity contribution in [1.82, 2.24) is 9.80 Å². The molecule has 0 aliphatic carbocycles. The minimum Gasteiger partial charge on any atom is -0.507 e. The highest BCUT2D eigenvalue weighted by atomic mass is 19.1. The van der Waals surface area contributed by atoms with Crippen molar-refractivity contribution >= 4 is 17.4 Å². The Kier molecular flexibility index (Phi) is 7.15. The Balaban J connectivity index is 2.15. The van der Waals surface area contributed by atoms with Crippen molar-refractivity contribution in [1.29, 1.82) is 0 Å². The number of ether oxygens (including phenoxy) is 2. The molecule has 2 aromatic rings. The third kappa shape index (κ3) is 4.45. The number of rotatable bonds is 8. The second-order valence-electron chi connectivity index (χ2n) is 7.74. The third-order valence-corrected chi connectivity index (χ3v) is 5.40. The van der Waals surface area contributed by atoms with Crippen molar-refractivity contribution in [2.24, 2.45) is 0 Å². The normalized spacial score (nSPS) is 17.8. The van der Waals surface area contributed by atoms with E-state index in [1.54, 1.807) is 24.3 Å². The van der Waals surface area contributed by atoms with E-state index in [4.69, 9.17) is 9.47 Å². The predicted octanol–water partition coefficient (Wildman–Crippen LogP) is 3.22. The number of likely N-dealkylation sites (tertiary alicyclic amines) is 1. The van der Waals surface area contributed by atoms with Crippen LogP contribution in [0, 0.1) is 5.82 Å². The third-order valence-electron chi connectivity index (χ3n) is 5.40. The first-order valence-electron chi connectivity index (χ1n) is 10.2. The maximum absolute atomic E-state index is 14.3. The molecule has 0 bridgehead atoms. The van der Waals surface area contributed by atoms with E-state index in [0.29, 0.717) is 30.8 Å². The number of hydrogen-bond donors (Lipinski definition) is 1. The second-order valence-corrected chi connectivity index (χ2v) is 7.74. The molecule has 0 radical (unpaired) electrons. The van der Waals surface area contributed by atoms with Crippen LogP contribution in [0.5, 0.6) is 11.5 Å². The average Bonchev–Trinajstić information content (AvgIpc) is 3.03. The number of benzene rings is 2. The summed E-state index contributed by atoms with van der Waals surface area (Å²) in [5.74, 6) is -2.19. The summed E-state index contributed by atoms with van der Waals surface area (Å²) < 4.78 is 24.7.